The molecule has 1 atom stereocenters. The molecule has 0 saturated heterocycles. The van der Waals surface area contributed by atoms with Crippen molar-refractivity contribution in [2.24, 2.45) is 5.92 Å². The van der Waals surface area contributed by atoms with Crippen LogP contribution >= 0.6 is 11.3 Å². The number of ether oxygens (including phenoxy) is 2. The maximum Gasteiger partial charge on any atom is 0.318 e. The predicted molar refractivity (Wildman–Crippen MR) is 168 cm³/mol. The lowest BCUT2D eigenvalue weighted by molar-refractivity contribution is 0.172. The lowest BCUT2D eigenvalue weighted by Crippen LogP contribution is -2.43. The predicted octanol–water partition coefficient (Wildman–Crippen LogP) is 5.04. The molecule has 4 rings (SSSR count). The monoisotopic (exact) mass is 630 g/mol. The summed E-state index contributed by atoms with van der Waals surface area (Å²) >= 11 is 1.60. The number of nitrogens with two attached hydrogens (primary N) is 1. The van der Waals surface area contributed by atoms with Crippen LogP contribution in [-0.4, -0.2) is 61.3 Å². The number of hydrogen-bond donors (Lipinski definition) is 3. The summed E-state index contributed by atoms with van der Waals surface area (Å²) < 4.78 is 39.4. The molecule has 2 aromatic carbocycles. The zero-order chi connectivity index (χ0) is 30.8. The molecule has 10 nitrogen and oxygen atoms in total. The third-order valence-electron chi connectivity index (χ3n) is 7.30. The van der Waals surface area contributed by atoms with Crippen molar-refractivity contribution in [2.45, 2.75) is 63.6 Å². The third-order valence-corrected chi connectivity index (χ3v) is 10.1. The van der Waals surface area contributed by atoms with Crippen molar-refractivity contribution in [3.05, 3.63) is 70.4 Å². The van der Waals surface area contributed by atoms with Gasteiger partial charge in [-0.15, -0.1) is 11.3 Å². The molecule has 12 heteroatoms. The molecule has 0 unspecified atom stereocenters. The van der Waals surface area contributed by atoms with Gasteiger partial charge in [-0.05, 0) is 78.6 Å². The van der Waals surface area contributed by atoms with Crippen LogP contribution in [0.5, 0.6) is 11.5 Å². The largest absolute Gasteiger partial charge is 0.454 e. The van der Waals surface area contributed by atoms with Crippen LogP contribution in [0.15, 0.2) is 64.9 Å². The van der Waals surface area contributed by atoms with Gasteiger partial charge in [0.1, 0.15) is 0 Å². The van der Waals surface area contributed by atoms with Crippen LogP contribution < -0.4 is 20.5 Å². The van der Waals surface area contributed by atoms with Crippen LogP contribution in [0.1, 0.15) is 50.0 Å². The first-order valence-electron chi connectivity index (χ1n) is 14.6. The highest BCUT2D eigenvalue weighted by Crippen LogP contribution is 2.33. The van der Waals surface area contributed by atoms with Crippen molar-refractivity contribution in [3.63, 3.8) is 0 Å². The van der Waals surface area contributed by atoms with Crippen molar-refractivity contribution in [1.29, 1.82) is 0 Å². The molecule has 4 N–H and O–H groups in total. The van der Waals surface area contributed by atoms with E-state index in [1.165, 1.54) is 16.4 Å². The smallest absolute Gasteiger partial charge is 0.318 e. The Labute approximate surface area is 258 Å². The number of fused-ring (bicyclic) bond motifs is 1. The van der Waals surface area contributed by atoms with Crippen LogP contribution in [0.2, 0.25) is 0 Å². The number of rotatable bonds is 16. The summed E-state index contributed by atoms with van der Waals surface area (Å²) in [6.45, 7) is 5.59. The molecule has 1 aliphatic rings. The van der Waals surface area contributed by atoms with Crippen molar-refractivity contribution in [1.82, 2.24) is 14.5 Å². The van der Waals surface area contributed by atoms with Crippen LogP contribution in [0.3, 0.4) is 0 Å². The maximum atomic E-state index is 13.6. The highest BCUT2D eigenvalue weighted by Gasteiger charge is 2.31. The van der Waals surface area contributed by atoms with Gasteiger partial charge < -0.3 is 30.5 Å². The molecule has 0 saturated carbocycles. The number of urea groups is 1. The highest BCUT2D eigenvalue weighted by molar-refractivity contribution is 7.89. The summed E-state index contributed by atoms with van der Waals surface area (Å²) in [6, 6.07) is 15.0. The van der Waals surface area contributed by atoms with Gasteiger partial charge >= 0.3 is 6.03 Å². The summed E-state index contributed by atoms with van der Waals surface area (Å²) in [7, 11) is -3.83. The first-order valence-corrected chi connectivity index (χ1v) is 16.9. The minimum absolute atomic E-state index is 0.157. The molecule has 234 valence electrons. The number of carbonyl (C=O) groups is 1. The van der Waals surface area contributed by atoms with Crippen molar-refractivity contribution < 1.29 is 27.8 Å². The molecule has 0 fully saturated rings. The SMILES string of the molecule is CC(C)CCN([C@H](CO)CCCCNC(=O)N(Cc1ccc2c(c1)OCO2)Cc1cccs1)S(=O)(=O)c1ccc(N)cc1. The first kappa shape index (κ1) is 32.6. The summed E-state index contributed by atoms with van der Waals surface area (Å²) in [5, 5.41) is 15.2. The topological polar surface area (TPSA) is 134 Å². The van der Waals surface area contributed by atoms with Gasteiger partial charge in [0.15, 0.2) is 11.5 Å². The Morgan fingerprint density at radius 2 is 1.81 bits per heavy atom. The number of unbranched alkanes of at least 4 members (excludes halogenated alkanes) is 1. The number of benzene rings is 2. The van der Waals surface area contributed by atoms with Gasteiger partial charge in [0, 0.05) is 36.2 Å². The number of carbonyl (C=O) groups excluding carboxylic acids is 1. The number of thiophene rings is 1. The molecule has 0 radical (unpaired) electrons. The minimum Gasteiger partial charge on any atom is -0.454 e. The van der Waals surface area contributed by atoms with Gasteiger partial charge in [-0.1, -0.05) is 32.4 Å². The van der Waals surface area contributed by atoms with E-state index in [4.69, 9.17) is 15.2 Å². The van der Waals surface area contributed by atoms with E-state index in [1.54, 1.807) is 28.4 Å². The average Bonchev–Trinajstić information content (AvgIpc) is 3.67. The zero-order valence-electron chi connectivity index (χ0n) is 24.8. The molecule has 1 aromatic heterocycles. The van der Waals surface area contributed by atoms with Gasteiger partial charge in [-0.2, -0.15) is 4.31 Å². The number of anilines is 1. The van der Waals surface area contributed by atoms with Crippen LogP contribution in [-0.2, 0) is 23.1 Å². The Hall–Kier alpha value is -3.32. The third kappa shape index (κ3) is 9.09. The maximum absolute atomic E-state index is 13.6. The Morgan fingerprint density at radius 3 is 2.51 bits per heavy atom. The van der Waals surface area contributed by atoms with Crippen LogP contribution in [0, 0.1) is 5.92 Å². The van der Waals surface area contributed by atoms with Gasteiger partial charge in [0.2, 0.25) is 16.8 Å². The number of aliphatic hydroxyl groups is 1. The standard InChI is InChI=1S/C31H42N4O6S2/c1-23(2)14-16-35(43(38,39)28-11-9-25(32)10-12-28)26(21-36)6-3-4-15-33-31(37)34(20-27-7-5-17-42-27)19-24-8-13-29-30(18-24)41-22-40-29/h5,7-13,17-18,23,26,36H,3-4,6,14-16,19-22,32H2,1-2H3,(H,33,37)/t26-/m0/s1. The number of nitrogens with one attached hydrogen (secondary N) is 1. The van der Waals surface area contributed by atoms with Gasteiger partial charge in [0.25, 0.3) is 0 Å². The van der Waals surface area contributed by atoms with Crippen molar-refractivity contribution in [3.8, 4) is 11.5 Å². The molecule has 2 heterocycles. The Kier molecular flexibility index (Phi) is 11.7. The molecule has 0 spiro atoms. The average molecular weight is 631 g/mol. The molecular weight excluding hydrogens is 588 g/mol. The van der Waals surface area contributed by atoms with E-state index in [-0.39, 0.29) is 24.3 Å². The van der Waals surface area contributed by atoms with E-state index in [9.17, 15) is 18.3 Å². The second-order valence-electron chi connectivity index (χ2n) is 11.1. The molecule has 2 amide bonds. The number of aliphatic hydroxyl groups excluding tert-OH is 1. The van der Waals surface area contributed by atoms with E-state index in [0.29, 0.717) is 75.0 Å². The molecule has 0 aliphatic carbocycles. The Morgan fingerprint density at radius 1 is 1.05 bits per heavy atom. The van der Waals surface area contributed by atoms with E-state index in [0.717, 1.165) is 10.4 Å². The molecule has 0 bridgehead atoms. The number of amides is 2. The fourth-order valence-electron chi connectivity index (χ4n) is 4.85. The van der Waals surface area contributed by atoms with Gasteiger partial charge in [-0.25, -0.2) is 13.2 Å². The Balaban J connectivity index is 1.34. The summed E-state index contributed by atoms with van der Waals surface area (Å²) in [5.74, 6) is 1.67. The minimum atomic E-state index is -3.83. The number of nitrogen functional groups attached to an aromatic ring is 1. The normalized spacial score (nSPS) is 13.4. The highest BCUT2D eigenvalue weighted by atomic mass is 32.2. The van der Waals surface area contributed by atoms with Crippen molar-refractivity contribution in [2.75, 3.05) is 32.2 Å². The van der Waals surface area contributed by atoms with E-state index < -0.39 is 16.1 Å². The Bertz CT molecular complexity index is 1410. The second kappa shape index (κ2) is 15.4. The fourth-order valence-corrected chi connectivity index (χ4v) is 7.23. The molecule has 43 heavy (non-hydrogen) atoms. The van der Waals surface area contributed by atoms with E-state index in [1.807, 2.05) is 49.6 Å². The molecule has 3 aromatic rings. The zero-order valence-corrected chi connectivity index (χ0v) is 26.4. The fraction of sp³-hybridized carbons (Fsp3) is 0.452. The number of hydrogen-bond acceptors (Lipinski definition) is 8. The lowest BCUT2D eigenvalue weighted by atomic mass is 10.1. The molecule has 1 aliphatic heterocycles. The van der Waals surface area contributed by atoms with Gasteiger partial charge in [-0.3, -0.25) is 0 Å². The first-order chi connectivity index (χ1) is 20.7. The summed E-state index contributed by atoms with van der Waals surface area (Å²) in [4.78, 5) is 16.2. The summed E-state index contributed by atoms with van der Waals surface area (Å²) in [5.41, 5.74) is 7.19. The number of nitrogens with zero attached hydrogens (tertiary/aromatic N) is 2. The quantitative estimate of drug-likeness (QED) is 0.149. The number of sulfonamides is 1. The lowest BCUT2D eigenvalue weighted by Gasteiger charge is -2.30. The molecular formula is C31H42N4O6S2. The van der Waals surface area contributed by atoms with Crippen LogP contribution in [0.4, 0.5) is 10.5 Å². The van der Waals surface area contributed by atoms with Crippen molar-refractivity contribution >= 4 is 33.1 Å². The second-order valence-corrected chi connectivity index (χ2v) is 14.0. The van der Waals surface area contributed by atoms with E-state index >= 15 is 0 Å². The van der Waals surface area contributed by atoms with E-state index in [2.05, 4.69) is 5.32 Å². The van der Waals surface area contributed by atoms with Gasteiger partial charge in [0.05, 0.1) is 18.0 Å². The summed E-state index contributed by atoms with van der Waals surface area (Å²) in [6.07, 6.45) is 2.41. The van der Waals surface area contributed by atoms with Crippen LogP contribution in [0.25, 0.3) is 0 Å².